The van der Waals surface area contributed by atoms with Gasteiger partial charge in [0.25, 0.3) is 10.0 Å². The fourth-order valence-electron chi connectivity index (χ4n) is 2.10. The van der Waals surface area contributed by atoms with Crippen molar-refractivity contribution in [2.24, 2.45) is 7.05 Å². The van der Waals surface area contributed by atoms with Crippen molar-refractivity contribution in [1.82, 2.24) is 25.3 Å². The molecule has 114 valence electrons. The van der Waals surface area contributed by atoms with Gasteiger partial charge in [0, 0.05) is 31.4 Å². The van der Waals surface area contributed by atoms with Crippen LogP contribution in [0.4, 0.5) is 5.69 Å². The number of rotatable bonds is 6. The normalized spacial score (nSPS) is 15.3. The Kier molecular flexibility index (Phi) is 3.46. The van der Waals surface area contributed by atoms with Gasteiger partial charge in [0.2, 0.25) is 0 Å². The van der Waals surface area contributed by atoms with Crippen molar-refractivity contribution in [2.75, 3.05) is 4.72 Å². The van der Waals surface area contributed by atoms with E-state index in [2.05, 4.69) is 25.3 Å². The highest BCUT2D eigenvalue weighted by atomic mass is 32.2. The van der Waals surface area contributed by atoms with Crippen molar-refractivity contribution in [3.05, 3.63) is 23.7 Å². The van der Waals surface area contributed by atoms with Crippen LogP contribution in [0, 0.1) is 6.92 Å². The lowest BCUT2D eigenvalue weighted by Crippen LogP contribution is -2.20. The van der Waals surface area contributed by atoms with Gasteiger partial charge in [0.05, 0.1) is 17.6 Å². The van der Waals surface area contributed by atoms with Gasteiger partial charge in [0.15, 0.2) is 5.03 Å². The van der Waals surface area contributed by atoms with E-state index < -0.39 is 10.0 Å². The van der Waals surface area contributed by atoms with E-state index in [4.69, 9.17) is 0 Å². The van der Waals surface area contributed by atoms with Crippen LogP contribution in [0.3, 0.4) is 0 Å². The molecule has 0 aliphatic heterocycles. The molecule has 0 spiro atoms. The molecular formula is C12H18N6O2S. The highest BCUT2D eigenvalue weighted by Crippen LogP contribution is 2.22. The highest BCUT2D eigenvalue weighted by Gasteiger charge is 2.25. The van der Waals surface area contributed by atoms with Crippen LogP contribution < -0.4 is 10.0 Å². The van der Waals surface area contributed by atoms with E-state index in [1.165, 1.54) is 0 Å². The van der Waals surface area contributed by atoms with Crippen molar-refractivity contribution in [1.29, 1.82) is 0 Å². The molecule has 0 atom stereocenters. The molecule has 1 saturated carbocycles. The fraction of sp³-hybridized carbons (Fsp3) is 0.500. The van der Waals surface area contributed by atoms with Crippen LogP contribution in [0.2, 0.25) is 0 Å². The average molecular weight is 310 g/mol. The molecule has 0 aromatic carbocycles. The molecule has 2 aromatic heterocycles. The van der Waals surface area contributed by atoms with Gasteiger partial charge >= 0.3 is 0 Å². The molecule has 0 amide bonds. The third-order valence-corrected chi connectivity index (χ3v) is 4.74. The number of anilines is 1. The summed E-state index contributed by atoms with van der Waals surface area (Å²) in [4.78, 5) is 0. The largest absolute Gasteiger partial charge is 0.310 e. The Morgan fingerprint density at radius 1 is 1.48 bits per heavy atom. The zero-order valence-electron chi connectivity index (χ0n) is 11.9. The van der Waals surface area contributed by atoms with E-state index in [0.717, 1.165) is 12.8 Å². The second-order valence-corrected chi connectivity index (χ2v) is 6.91. The van der Waals surface area contributed by atoms with Gasteiger partial charge in [-0.15, -0.1) is 0 Å². The number of hydrogen-bond acceptors (Lipinski definition) is 5. The van der Waals surface area contributed by atoms with E-state index >= 15 is 0 Å². The molecule has 0 saturated heterocycles. The molecule has 0 unspecified atom stereocenters. The summed E-state index contributed by atoms with van der Waals surface area (Å²) in [5.41, 5.74) is 1.72. The minimum Gasteiger partial charge on any atom is -0.310 e. The number of sulfonamides is 1. The number of nitrogens with one attached hydrogen (secondary N) is 3. The molecule has 1 fully saturated rings. The monoisotopic (exact) mass is 310 g/mol. The summed E-state index contributed by atoms with van der Waals surface area (Å²) in [7, 11) is -1.96. The summed E-state index contributed by atoms with van der Waals surface area (Å²) >= 11 is 0. The quantitative estimate of drug-likeness (QED) is 0.721. The first-order valence-corrected chi connectivity index (χ1v) is 8.23. The average Bonchev–Trinajstić information content (AvgIpc) is 3.01. The van der Waals surface area contributed by atoms with Crippen molar-refractivity contribution >= 4 is 15.7 Å². The molecule has 21 heavy (non-hydrogen) atoms. The minimum atomic E-state index is -3.70. The Balaban J connectivity index is 1.80. The standard InChI is InChI=1S/C12H18N6O2S/c1-8-11(7-18(2)16-8)17-21(19,20)12-9(6-14-15-12)5-13-10-3-4-10/h6-7,10,13,17H,3-5H2,1-2H3,(H,14,15). The fourth-order valence-corrected chi connectivity index (χ4v) is 3.33. The molecule has 0 radical (unpaired) electrons. The van der Waals surface area contributed by atoms with E-state index in [0.29, 0.717) is 29.5 Å². The molecule has 0 bridgehead atoms. The van der Waals surface area contributed by atoms with Gasteiger partial charge in [0.1, 0.15) is 0 Å². The van der Waals surface area contributed by atoms with Crippen LogP contribution in [0.25, 0.3) is 0 Å². The SMILES string of the molecule is Cc1nn(C)cc1NS(=O)(=O)c1[nH]ncc1CNC1CC1. The third kappa shape index (κ3) is 3.08. The summed E-state index contributed by atoms with van der Waals surface area (Å²) in [5, 5.41) is 13.9. The van der Waals surface area contributed by atoms with Gasteiger partial charge in [-0.1, -0.05) is 0 Å². The molecule has 9 heteroatoms. The van der Waals surface area contributed by atoms with Crippen LogP contribution in [0.15, 0.2) is 17.4 Å². The smallest absolute Gasteiger partial charge is 0.279 e. The molecule has 3 rings (SSSR count). The zero-order valence-corrected chi connectivity index (χ0v) is 12.7. The number of hydrogen-bond donors (Lipinski definition) is 3. The second kappa shape index (κ2) is 5.15. The second-order valence-electron chi connectivity index (χ2n) is 5.29. The Bertz CT molecular complexity index is 744. The van der Waals surface area contributed by atoms with E-state index in [1.54, 1.807) is 31.0 Å². The Labute approximate surface area is 123 Å². The minimum absolute atomic E-state index is 0.0962. The Hall–Kier alpha value is -1.87. The maximum atomic E-state index is 12.5. The molecule has 2 heterocycles. The number of aromatic nitrogens is 4. The van der Waals surface area contributed by atoms with Crippen molar-refractivity contribution in [3.63, 3.8) is 0 Å². The molecule has 2 aromatic rings. The number of nitrogens with zero attached hydrogens (tertiary/aromatic N) is 3. The lowest BCUT2D eigenvalue weighted by molar-refractivity contribution is 0.593. The van der Waals surface area contributed by atoms with Crippen molar-refractivity contribution in [2.45, 2.75) is 37.4 Å². The first kappa shape index (κ1) is 14.1. The van der Waals surface area contributed by atoms with E-state index in [9.17, 15) is 8.42 Å². The first-order chi connectivity index (χ1) is 9.95. The Morgan fingerprint density at radius 2 is 2.24 bits per heavy atom. The number of aryl methyl sites for hydroxylation is 2. The van der Waals surface area contributed by atoms with E-state index in [1.807, 2.05) is 0 Å². The van der Waals surface area contributed by atoms with Crippen LogP contribution in [0.5, 0.6) is 0 Å². The third-order valence-electron chi connectivity index (χ3n) is 3.36. The predicted octanol–water partition coefficient (Wildman–Crippen LogP) is 0.504. The summed E-state index contributed by atoms with van der Waals surface area (Å²) in [6.07, 6.45) is 5.46. The molecule has 8 nitrogen and oxygen atoms in total. The lowest BCUT2D eigenvalue weighted by atomic mass is 10.3. The first-order valence-electron chi connectivity index (χ1n) is 6.74. The summed E-state index contributed by atoms with van der Waals surface area (Å²) in [5.74, 6) is 0. The van der Waals surface area contributed by atoms with Crippen LogP contribution in [0.1, 0.15) is 24.1 Å². The molecule has 1 aliphatic carbocycles. The number of aromatic amines is 1. The topological polar surface area (TPSA) is 105 Å². The Morgan fingerprint density at radius 3 is 2.86 bits per heavy atom. The van der Waals surface area contributed by atoms with Crippen molar-refractivity contribution in [3.8, 4) is 0 Å². The van der Waals surface area contributed by atoms with Gasteiger partial charge in [-0.05, 0) is 19.8 Å². The van der Waals surface area contributed by atoms with Gasteiger partial charge in [-0.2, -0.15) is 18.6 Å². The van der Waals surface area contributed by atoms with Gasteiger partial charge < -0.3 is 5.32 Å². The summed E-state index contributed by atoms with van der Waals surface area (Å²) in [6.45, 7) is 2.24. The number of H-pyrrole nitrogens is 1. The summed E-state index contributed by atoms with van der Waals surface area (Å²) in [6, 6.07) is 0.504. The van der Waals surface area contributed by atoms with Crippen molar-refractivity contribution < 1.29 is 8.42 Å². The zero-order chi connectivity index (χ0) is 15.0. The summed E-state index contributed by atoms with van der Waals surface area (Å²) < 4.78 is 29.0. The van der Waals surface area contributed by atoms with Gasteiger partial charge in [-0.25, -0.2) is 0 Å². The highest BCUT2D eigenvalue weighted by molar-refractivity contribution is 7.92. The molecule has 3 N–H and O–H groups in total. The molecular weight excluding hydrogens is 292 g/mol. The molecule has 1 aliphatic rings. The van der Waals surface area contributed by atoms with Crippen LogP contribution >= 0.6 is 0 Å². The van der Waals surface area contributed by atoms with Crippen LogP contribution in [-0.2, 0) is 23.6 Å². The van der Waals surface area contributed by atoms with Gasteiger partial charge in [-0.3, -0.25) is 14.5 Å². The predicted molar refractivity (Wildman–Crippen MR) is 77.2 cm³/mol. The van der Waals surface area contributed by atoms with Crippen LogP contribution in [-0.4, -0.2) is 34.4 Å². The van der Waals surface area contributed by atoms with E-state index in [-0.39, 0.29) is 5.03 Å². The lowest BCUT2D eigenvalue weighted by Gasteiger charge is -2.07. The maximum Gasteiger partial charge on any atom is 0.279 e. The maximum absolute atomic E-state index is 12.5.